The number of pyridine rings is 1. The van der Waals surface area contributed by atoms with E-state index in [2.05, 4.69) is 24.1 Å². The predicted molar refractivity (Wildman–Crippen MR) is 85.1 cm³/mol. The minimum absolute atomic E-state index is 0.583. The molecule has 0 aliphatic heterocycles. The van der Waals surface area contributed by atoms with Gasteiger partial charge in [0.2, 0.25) is 0 Å². The second-order valence-electron chi connectivity index (χ2n) is 5.20. The first kappa shape index (κ1) is 16.3. The Morgan fingerprint density at radius 2 is 1.68 bits per heavy atom. The van der Waals surface area contributed by atoms with Crippen LogP contribution in [-0.4, -0.2) is 11.5 Å². The van der Waals surface area contributed by atoms with Crippen molar-refractivity contribution in [2.24, 2.45) is 0 Å². The molecule has 0 aliphatic rings. The lowest BCUT2D eigenvalue weighted by atomic mass is 10.1. The van der Waals surface area contributed by atoms with Crippen LogP contribution in [0, 0.1) is 6.92 Å². The van der Waals surface area contributed by atoms with E-state index in [0.717, 1.165) is 12.2 Å². The van der Waals surface area contributed by atoms with Crippen LogP contribution in [0.3, 0.4) is 0 Å². The van der Waals surface area contributed by atoms with Gasteiger partial charge in [0.25, 0.3) is 0 Å². The Morgan fingerprint density at radius 3 is 2.32 bits per heavy atom. The van der Waals surface area contributed by atoms with Crippen molar-refractivity contribution in [3.63, 3.8) is 0 Å². The number of anilines is 1. The number of aromatic nitrogens is 1. The molecule has 0 atom stereocenters. The molecule has 0 radical (unpaired) electrons. The van der Waals surface area contributed by atoms with E-state index in [4.69, 9.17) is 11.6 Å². The van der Waals surface area contributed by atoms with E-state index in [1.165, 1.54) is 56.9 Å². The van der Waals surface area contributed by atoms with Gasteiger partial charge in [-0.25, -0.2) is 4.98 Å². The van der Waals surface area contributed by atoms with Crippen LogP contribution >= 0.6 is 11.6 Å². The SMILES string of the molecule is CCCCCCCCCCNc1c(C)ccnc1Cl. The second-order valence-corrected chi connectivity index (χ2v) is 5.55. The van der Waals surface area contributed by atoms with Crippen LogP contribution in [0.1, 0.15) is 63.9 Å². The zero-order valence-corrected chi connectivity index (χ0v) is 13.1. The predicted octanol–water partition coefficient (Wildman–Crippen LogP) is 5.60. The van der Waals surface area contributed by atoms with Gasteiger partial charge in [-0.1, -0.05) is 63.5 Å². The fourth-order valence-corrected chi connectivity index (χ4v) is 2.48. The highest BCUT2D eigenvalue weighted by atomic mass is 35.5. The lowest BCUT2D eigenvalue weighted by Crippen LogP contribution is -2.04. The number of hydrogen-bond donors (Lipinski definition) is 1. The van der Waals surface area contributed by atoms with Gasteiger partial charge in [0.05, 0.1) is 5.69 Å². The van der Waals surface area contributed by atoms with Gasteiger partial charge in [-0.2, -0.15) is 0 Å². The molecule has 1 rings (SSSR count). The van der Waals surface area contributed by atoms with E-state index >= 15 is 0 Å². The summed E-state index contributed by atoms with van der Waals surface area (Å²) in [5.74, 6) is 0. The van der Waals surface area contributed by atoms with Crippen molar-refractivity contribution in [3.8, 4) is 0 Å². The minimum Gasteiger partial charge on any atom is -0.382 e. The maximum absolute atomic E-state index is 6.07. The van der Waals surface area contributed by atoms with Gasteiger partial charge in [0.1, 0.15) is 0 Å². The van der Waals surface area contributed by atoms with Crippen molar-refractivity contribution in [1.29, 1.82) is 0 Å². The quantitative estimate of drug-likeness (QED) is 0.446. The smallest absolute Gasteiger partial charge is 0.152 e. The van der Waals surface area contributed by atoms with Gasteiger partial charge in [-0.15, -0.1) is 0 Å². The second kappa shape index (κ2) is 10.1. The number of halogens is 1. The first-order valence-corrected chi connectivity index (χ1v) is 7.98. The lowest BCUT2D eigenvalue weighted by Gasteiger charge is -2.10. The lowest BCUT2D eigenvalue weighted by molar-refractivity contribution is 0.581. The fraction of sp³-hybridized carbons (Fsp3) is 0.688. The van der Waals surface area contributed by atoms with Crippen LogP contribution in [0.2, 0.25) is 5.15 Å². The highest BCUT2D eigenvalue weighted by Gasteiger charge is 2.03. The first-order valence-electron chi connectivity index (χ1n) is 7.60. The number of aryl methyl sites for hydroxylation is 1. The van der Waals surface area contributed by atoms with Gasteiger partial charge >= 0.3 is 0 Å². The molecule has 0 bridgehead atoms. The third-order valence-electron chi connectivity index (χ3n) is 3.45. The fourth-order valence-electron chi connectivity index (χ4n) is 2.21. The molecule has 0 spiro atoms. The van der Waals surface area contributed by atoms with Crippen LogP contribution in [0.25, 0.3) is 0 Å². The largest absolute Gasteiger partial charge is 0.382 e. The molecule has 0 saturated heterocycles. The third kappa shape index (κ3) is 6.81. The molecule has 1 N–H and O–H groups in total. The number of nitrogens with zero attached hydrogens (tertiary/aromatic N) is 1. The Hall–Kier alpha value is -0.760. The molecule has 0 amide bonds. The van der Waals surface area contributed by atoms with Gasteiger partial charge in [0.15, 0.2) is 5.15 Å². The Morgan fingerprint density at radius 1 is 1.05 bits per heavy atom. The van der Waals surface area contributed by atoms with Crippen molar-refractivity contribution in [3.05, 3.63) is 23.0 Å². The molecule has 0 aromatic carbocycles. The topological polar surface area (TPSA) is 24.9 Å². The summed E-state index contributed by atoms with van der Waals surface area (Å²) in [5.41, 5.74) is 2.16. The molecular weight excluding hydrogens is 256 g/mol. The molecule has 108 valence electrons. The Bertz CT molecular complexity index is 332. The van der Waals surface area contributed by atoms with Crippen LogP contribution < -0.4 is 5.32 Å². The van der Waals surface area contributed by atoms with Crippen molar-refractivity contribution in [1.82, 2.24) is 4.98 Å². The molecule has 0 aliphatic carbocycles. The van der Waals surface area contributed by atoms with Crippen molar-refractivity contribution in [2.45, 2.75) is 65.2 Å². The molecule has 1 heterocycles. The molecule has 2 nitrogen and oxygen atoms in total. The third-order valence-corrected chi connectivity index (χ3v) is 3.73. The van der Waals surface area contributed by atoms with Crippen molar-refractivity contribution < 1.29 is 0 Å². The van der Waals surface area contributed by atoms with Gasteiger partial charge in [0, 0.05) is 12.7 Å². The van der Waals surface area contributed by atoms with Gasteiger partial charge in [-0.05, 0) is 25.0 Å². The standard InChI is InChI=1S/C16H27ClN2/c1-3-4-5-6-7-8-9-10-12-18-15-14(2)11-13-19-16(15)17/h11,13,18H,3-10,12H2,1-2H3. The highest BCUT2D eigenvalue weighted by Crippen LogP contribution is 2.22. The normalized spacial score (nSPS) is 10.7. The van der Waals surface area contributed by atoms with E-state index in [-0.39, 0.29) is 0 Å². The molecule has 1 aromatic heterocycles. The zero-order valence-electron chi connectivity index (χ0n) is 12.3. The maximum Gasteiger partial charge on any atom is 0.152 e. The van der Waals surface area contributed by atoms with E-state index in [1.807, 2.05) is 6.07 Å². The molecule has 0 saturated carbocycles. The van der Waals surface area contributed by atoms with E-state index < -0.39 is 0 Å². The molecule has 0 unspecified atom stereocenters. The number of hydrogen-bond acceptors (Lipinski definition) is 2. The summed E-state index contributed by atoms with van der Waals surface area (Å²) in [6, 6.07) is 1.99. The summed E-state index contributed by atoms with van der Waals surface area (Å²) >= 11 is 6.07. The number of nitrogens with one attached hydrogen (secondary N) is 1. The van der Waals surface area contributed by atoms with Gasteiger partial charge in [-0.3, -0.25) is 0 Å². The number of rotatable bonds is 10. The van der Waals surface area contributed by atoms with Crippen LogP contribution in [0.15, 0.2) is 12.3 Å². The zero-order chi connectivity index (χ0) is 13.9. The molecule has 0 fully saturated rings. The minimum atomic E-state index is 0.583. The monoisotopic (exact) mass is 282 g/mol. The van der Waals surface area contributed by atoms with Crippen LogP contribution in [0.4, 0.5) is 5.69 Å². The number of unbranched alkanes of at least 4 members (excludes halogenated alkanes) is 7. The molecular formula is C16H27ClN2. The van der Waals surface area contributed by atoms with Crippen LogP contribution in [0.5, 0.6) is 0 Å². The summed E-state index contributed by atoms with van der Waals surface area (Å²) in [7, 11) is 0. The maximum atomic E-state index is 6.07. The van der Waals surface area contributed by atoms with Gasteiger partial charge < -0.3 is 5.32 Å². The average Bonchev–Trinajstić information content (AvgIpc) is 2.40. The summed E-state index contributed by atoms with van der Waals surface area (Å²) in [6.45, 7) is 5.31. The van der Waals surface area contributed by atoms with Crippen LogP contribution in [-0.2, 0) is 0 Å². The van der Waals surface area contributed by atoms with E-state index in [1.54, 1.807) is 6.20 Å². The summed E-state index contributed by atoms with van der Waals surface area (Å²) < 4.78 is 0. The Balaban J connectivity index is 2.05. The average molecular weight is 283 g/mol. The van der Waals surface area contributed by atoms with Crippen molar-refractivity contribution >= 4 is 17.3 Å². The van der Waals surface area contributed by atoms with E-state index in [9.17, 15) is 0 Å². The molecule has 3 heteroatoms. The molecule has 19 heavy (non-hydrogen) atoms. The first-order chi connectivity index (χ1) is 9.25. The highest BCUT2D eigenvalue weighted by molar-refractivity contribution is 6.32. The summed E-state index contributed by atoms with van der Waals surface area (Å²) in [4.78, 5) is 4.10. The molecule has 1 aromatic rings. The summed E-state index contributed by atoms with van der Waals surface area (Å²) in [5, 5.41) is 3.98. The van der Waals surface area contributed by atoms with Crippen molar-refractivity contribution in [2.75, 3.05) is 11.9 Å². The Labute approximate surface area is 123 Å². The van der Waals surface area contributed by atoms with E-state index in [0.29, 0.717) is 5.15 Å². The Kier molecular flexibility index (Phi) is 8.64. The summed E-state index contributed by atoms with van der Waals surface area (Å²) in [6.07, 6.45) is 12.5.